The quantitative estimate of drug-likeness (QED) is 0.611. The van der Waals surface area contributed by atoms with Gasteiger partial charge in [-0.2, -0.15) is 0 Å². The number of hydrogen-bond acceptors (Lipinski definition) is 4. The van der Waals surface area contributed by atoms with E-state index in [9.17, 15) is 9.59 Å². The molecule has 0 unspecified atom stereocenters. The van der Waals surface area contributed by atoms with Crippen LogP contribution < -0.4 is 15.4 Å². The van der Waals surface area contributed by atoms with Crippen LogP contribution >= 0.6 is 11.8 Å². The van der Waals surface area contributed by atoms with Gasteiger partial charge in [0.1, 0.15) is 11.5 Å². The molecule has 0 saturated heterocycles. The molecule has 5 nitrogen and oxygen atoms in total. The predicted molar refractivity (Wildman–Crippen MR) is 116 cm³/mol. The predicted octanol–water partition coefficient (Wildman–Crippen LogP) is 5.23. The molecule has 29 heavy (non-hydrogen) atoms. The number of benzene rings is 3. The normalized spacial score (nSPS) is 15.2. The van der Waals surface area contributed by atoms with Gasteiger partial charge in [0.05, 0.1) is 10.9 Å². The zero-order valence-electron chi connectivity index (χ0n) is 15.8. The number of nitrogens with one attached hydrogen (secondary N) is 2. The van der Waals surface area contributed by atoms with Crippen LogP contribution in [0.1, 0.15) is 12.0 Å². The molecular formula is C23H20N2O3S. The number of amides is 2. The van der Waals surface area contributed by atoms with Gasteiger partial charge in [0.25, 0.3) is 0 Å². The number of hydrogen-bond donors (Lipinski definition) is 2. The maximum absolute atomic E-state index is 12.4. The molecule has 4 rings (SSSR count). The summed E-state index contributed by atoms with van der Waals surface area (Å²) in [5.74, 6) is 1.10. The average molecular weight is 404 g/mol. The van der Waals surface area contributed by atoms with E-state index in [-0.39, 0.29) is 18.2 Å². The highest BCUT2D eigenvalue weighted by atomic mass is 32.2. The topological polar surface area (TPSA) is 67.4 Å². The zero-order valence-corrected chi connectivity index (χ0v) is 16.7. The highest BCUT2D eigenvalue weighted by Gasteiger charge is 2.28. The fourth-order valence-electron chi connectivity index (χ4n) is 3.03. The fourth-order valence-corrected chi connectivity index (χ4v) is 4.14. The molecule has 3 aromatic carbocycles. The Morgan fingerprint density at radius 3 is 2.62 bits per heavy atom. The van der Waals surface area contributed by atoms with Crippen LogP contribution in [-0.4, -0.2) is 17.1 Å². The highest BCUT2D eigenvalue weighted by Crippen LogP contribution is 2.36. The largest absolute Gasteiger partial charge is 0.457 e. The van der Waals surface area contributed by atoms with E-state index in [1.54, 1.807) is 24.3 Å². The Bertz CT molecular complexity index is 1050. The molecule has 146 valence electrons. The van der Waals surface area contributed by atoms with E-state index in [4.69, 9.17) is 4.74 Å². The molecule has 0 radical (unpaired) electrons. The number of anilines is 2. The van der Waals surface area contributed by atoms with Gasteiger partial charge in [0.15, 0.2) is 0 Å². The molecule has 3 aromatic rings. The Kier molecular flexibility index (Phi) is 5.53. The van der Waals surface area contributed by atoms with Crippen LogP contribution in [0.2, 0.25) is 0 Å². The number of carbonyl (C=O) groups excluding carboxylic acids is 2. The van der Waals surface area contributed by atoms with Crippen LogP contribution in [0.3, 0.4) is 0 Å². The molecule has 0 aliphatic carbocycles. The van der Waals surface area contributed by atoms with E-state index in [2.05, 4.69) is 10.6 Å². The number of fused-ring (bicyclic) bond motifs is 1. The van der Waals surface area contributed by atoms with Crippen molar-refractivity contribution in [1.29, 1.82) is 0 Å². The van der Waals surface area contributed by atoms with Crippen molar-refractivity contribution >= 4 is 35.0 Å². The minimum atomic E-state index is -0.450. The molecule has 1 heterocycles. The average Bonchev–Trinajstić information content (AvgIpc) is 2.70. The first kappa shape index (κ1) is 19.1. The lowest BCUT2D eigenvalue weighted by Crippen LogP contribution is -2.32. The summed E-state index contributed by atoms with van der Waals surface area (Å²) in [5, 5.41) is 5.25. The summed E-state index contributed by atoms with van der Waals surface area (Å²) in [6.45, 7) is 2.01. The lowest BCUT2D eigenvalue weighted by molar-refractivity contribution is -0.120. The van der Waals surface area contributed by atoms with Crippen molar-refractivity contribution in [2.24, 2.45) is 0 Å². The van der Waals surface area contributed by atoms with Gasteiger partial charge in [0, 0.05) is 17.0 Å². The number of thioether (sulfide) groups is 1. The number of para-hydroxylation sites is 1. The van der Waals surface area contributed by atoms with Crippen LogP contribution in [-0.2, 0) is 9.59 Å². The van der Waals surface area contributed by atoms with Crippen molar-refractivity contribution < 1.29 is 14.3 Å². The number of carbonyl (C=O) groups is 2. The van der Waals surface area contributed by atoms with Gasteiger partial charge in [-0.1, -0.05) is 24.3 Å². The Hall–Kier alpha value is -3.25. The van der Waals surface area contributed by atoms with Crippen molar-refractivity contribution in [1.82, 2.24) is 0 Å². The molecule has 1 atom stereocenters. The highest BCUT2D eigenvalue weighted by molar-refractivity contribution is 8.01. The second kappa shape index (κ2) is 8.41. The molecule has 0 spiro atoms. The van der Waals surface area contributed by atoms with Crippen molar-refractivity contribution in [2.45, 2.75) is 23.5 Å². The Balaban J connectivity index is 1.34. The van der Waals surface area contributed by atoms with E-state index in [0.29, 0.717) is 11.4 Å². The smallest absolute Gasteiger partial charge is 0.238 e. The Morgan fingerprint density at radius 1 is 1.03 bits per heavy atom. The molecule has 0 aromatic heterocycles. The maximum Gasteiger partial charge on any atom is 0.238 e. The summed E-state index contributed by atoms with van der Waals surface area (Å²) in [6.07, 6.45) is 0.104. The molecule has 6 heteroatoms. The number of rotatable bonds is 5. The van der Waals surface area contributed by atoms with Crippen LogP contribution in [0.25, 0.3) is 0 Å². The van der Waals surface area contributed by atoms with Crippen LogP contribution in [0.5, 0.6) is 11.5 Å². The lowest BCUT2D eigenvalue weighted by Gasteiger charge is -2.23. The molecule has 1 aliphatic rings. The number of ether oxygens (including phenoxy) is 1. The van der Waals surface area contributed by atoms with E-state index in [0.717, 1.165) is 21.9 Å². The minimum Gasteiger partial charge on any atom is -0.457 e. The monoisotopic (exact) mass is 404 g/mol. The summed E-state index contributed by atoms with van der Waals surface area (Å²) in [5.41, 5.74) is 2.58. The SMILES string of the molecule is Cc1cccc(Oc2ccc(NC(=O)C[C@H]3Sc4ccccc4NC3=O)cc2)c1. The molecule has 0 fully saturated rings. The summed E-state index contributed by atoms with van der Waals surface area (Å²) in [6, 6.07) is 22.6. The fraction of sp³-hybridized carbons (Fsp3) is 0.130. The minimum absolute atomic E-state index is 0.104. The van der Waals surface area contributed by atoms with Crippen LogP contribution in [0.4, 0.5) is 11.4 Å². The molecule has 2 N–H and O–H groups in total. The van der Waals surface area contributed by atoms with Crippen molar-refractivity contribution in [3.05, 3.63) is 78.4 Å². The maximum atomic E-state index is 12.4. The van der Waals surface area contributed by atoms with E-state index in [1.807, 2.05) is 55.5 Å². The third-order valence-electron chi connectivity index (χ3n) is 4.44. The summed E-state index contributed by atoms with van der Waals surface area (Å²) in [4.78, 5) is 25.6. The second-order valence-corrected chi connectivity index (χ2v) is 8.03. The second-order valence-electron chi connectivity index (χ2n) is 6.79. The van der Waals surface area contributed by atoms with E-state index in [1.165, 1.54) is 11.8 Å². The van der Waals surface area contributed by atoms with Crippen LogP contribution in [0, 0.1) is 6.92 Å². The first-order valence-electron chi connectivity index (χ1n) is 9.28. The molecule has 2 amide bonds. The third kappa shape index (κ3) is 4.78. The Morgan fingerprint density at radius 2 is 1.83 bits per heavy atom. The molecule has 1 aliphatic heterocycles. The zero-order chi connectivity index (χ0) is 20.2. The van der Waals surface area contributed by atoms with Crippen molar-refractivity contribution in [3.8, 4) is 11.5 Å². The molecule has 0 bridgehead atoms. The van der Waals surface area contributed by atoms with Crippen molar-refractivity contribution in [3.63, 3.8) is 0 Å². The van der Waals surface area contributed by atoms with Gasteiger partial charge in [-0.15, -0.1) is 11.8 Å². The first-order valence-corrected chi connectivity index (χ1v) is 10.2. The van der Waals surface area contributed by atoms with Gasteiger partial charge >= 0.3 is 0 Å². The van der Waals surface area contributed by atoms with Gasteiger partial charge in [-0.05, 0) is 61.0 Å². The van der Waals surface area contributed by atoms with Gasteiger partial charge < -0.3 is 15.4 Å². The Labute approximate surface area is 173 Å². The van der Waals surface area contributed by atoms with Crippen LogP contribution in [0.15, 0.2) is 77.7 Å². The standard InChI is InChI=1S/C23H20N2O3S/c1-15-5-4-6-18(13-15)28-17-11-9-16(10-12-17)24-22(26)14-21-23(27)25-19-7-2-3-8-20(19)29-21/h2-13,21H,14H2,1H3,(H,24,26)(H,25,27)/t21-/m1/s1. The summed E-state index contributed by atoms with van der Waals surface area (Å²) >= 11 is 1.42. The van der Waals surface area contributed by atoms with Crippen molar-refractivity contribution in [2.75, 3.05) is 10.6 Å². The van der Waals surface area contributed by atoms with Gasteiger partial charge in [-0.3, -0.25) is 9.59 Å². The van der Waals surface area contributed by atoms with Gasteiger partial charge in [-0.25, -0.2) is 0 Å². The lowest BCUT2D eigenvalue weighted by atomic mass is 10.2. The van der Waals surface area contributed by atoms with Gasteiger partial charge in [0.2, 0.25) is 11.8 Å². The van der Waals surface area contributed by atoms with E-state index < -0.39 is 5.25 Å². The first-order chi connectivity index (χ1) is 14.1. The number of aryl methyl sites for hydroxylation is 1. The molecular weight excluding hydrogens is 384 g/mol. The van der Waals surface area contributed by atoms with E-state index >= 15 is 0 Å². The third-order valence-corrected chi connectivity index (χ3v) is 5.72. The molecule has 0 saturated carbocycles. The summed E-state index contributed by atoms with van der Waals surface area (Å²) in [7, 11) is 0. The summed E-state index contributed by atoms with van der Waals surface area (Å²) < 4.78 is 5.82.